The van der Waals surface area contributed by atoms with Gasteiger partial charge >= 0.3 is 0 Å². The van der Waals surface area contributed by atoms with Crippen LogP contribution in [0.2, 0.25) is 0 Å². The Hall–Kier alpha value is -0.330. The monoisotopic (exact) mass is 191 g/mol. The molecular formula is C5H9N3OS2. The minimum Gasteiger partial charge on any atom is -0.330 e. The van der Waals surface area contributed by atoms with Gasteiger partial charge in [0.1, 0.15) is 0 Å². The zero-order chi connectivity index (χ0) is 8.10. The highest BCUT2D eigenvalue weighted by molar-refractivity contribution is 7.84. The smallest absolute Gasteiger partial charge is 0.0867 e. The van der Waals surface area contributed by atoms with Crippen LogP contribution in [0.25, 0.3) is 0 Å². The Balaban J connectivity index is 2.37. The molecule has 0 aliphatic heterocycles. The molecule has 0 saturated heterocycles. The summed E-state index contributed by atoms with van der Waals surface area (Å²) in [5.74, 6) is 1.02. The van der Waals surface area contributed by atoms with Crippen molar-refractivity contribution in [2.24, 2.45) is 5.73 Å². The topological polar surface area (TPSA) is 68.9 Å². The van der Waals surface area contributed by atoms with E-state index in [1.54, 1.807) is 6.20 Å². The second kappa shape index (κ2) is 4.53. The molecule has 1 rings (SSSR count). The predicted molar refractivity (Wildman–Crippen MR) is 45.7 cm³/mol. The van der Waals surface area contributed by atoms with Gasteiger partial charge in [0.25, 0.3) is 0 Å². The molecule has 62 valence electrons. The van der Waals surface area contributed by atoms with E-state index in [9.17, 15) is 4.21 Å². The average molecular weight is 191 g/mol. The second-order valence-electron chi connectivity index (χ2n) is 1.98. The summed E-state index contributed by atoms with van der Waals surface area (Å²) >= 11 is 1.13. The molecule has 1 heterocycles. The third kappa shape index (κ3) is 3.04. The van der Waals surface area contributed by atoms with E-state index in [1.807, 2.05) is 0 Å². The molecule has 0 radical (unpaired) electrons. The number of hydrogen-bond acceptors (Lipinski definition) is 5. The lowest BCUT2D eigenvalue weighted by Crippen LogP contribution is -2.11. The van der Waals surface area contributed by atoms with Gasteiger partial charge in [-0.1, -0.05) is 0 Å². The number of hydrogen-bond donors (Lipinski definition) is 1. The van der Waals surface area contributed by atoms with E-state index in [0.29, 0.717) is 18.1 Å². The SMILES string of the molecule is NCCS(=O)Cc1cnsn1. The first-order valence-electron chi connectivity index (χ1n) is 3.14. The van der Waals surface area contributed by atoms with Crippen molar-refractivity contribution in [2.75, 3.05) is 12.3 Å². The van der Waals surface area contributed by atoms with Crippen molar-refractivity contribution in [2.45, 2.75) is 5.75 Å². The number of nitrogens with zero attached hydrogens (tertiary/aromatic N) is 2. The van der Waals surface area contributed by atoms with Crippen molar-refractivity contribution in [3.8, 4) is 0 Å². The third-order valence-electron chi connectivity index (χ3n) is 1.06. The van der Waals surface area contributed by atoms with E-state index in [2.05, 4.69) is 8.75 Å². The minimum absolute atomic E-state index is 0.462. The molecule has 0 saturated carbocycles. The van der Waals surface area contributed by atoms with Crippen LogP contribution in [0.15, 0.2) is 6.20 Å². The maximum atomic E-state index is 11.1. The molecule has 1 atom stereocenters. The fourth-order valence-corrected chi connectivity index (χ4v) is 2.01. The quantitative estimate of drug-likeness (QED) is 0.712. The van der Waals surface area contributed by atoms with Crippen LogP contribution in [0.5, 0.6) is 0 Å². The molecule has 0 fully saturated rings. The van der Waals surface area contributed by atoms with Crippen molar-refractivity contribution >= 4 is 22.5 Å². The van der Waals surface area contributed by atoms with Crippen LogP contribution in [0.4, 0.5) is 0 Å². The fourth-order valence-electron chi connectivity index (χ4n) is 0.616. The molecule has 0 amide bonds. The summed E-state index contributed by atoms with van der Waals surface area (Å²) in [5.41, 5.74) is 6.03. The maximum Gasteiger partial charge on any atom is 0.0867 e. The fraction of sp³-hybridized carbons (Fsp3) is 0.600. The first-order valence-corrected chi connectivity index (χ1v) is 5.36. The highest BCUT2D eigenvalue weighted by Crippen LogP contribution is 1.99. The van der Waals surface area contributed by atoms with E-state index in [4.69, 9.17) is 5.73 Å². The zero-order valence-corrected chi connectivity index (χ0v) is 7.53. The number of aromatic nitrogens is 2. The molecule has 0 aliphatic carbocycles. The minimum atomic E-state index is -0.870. The number of nitrogens with two attached hydrogens (primary N) is 1. The zero-order valence-electron chi connectivity index (χ0n) is 5.90. The van der Waals surface area contributed by atoms with Crippen LogP contribution in [0.3, 0.4) is 0 Å². The summed E-state index contributed by atoms with van der Waals surface area (Å²) in [7, 11) is -0.870. The van der Waals surface area contributed by atoms with Crippen molar-refractivity contribution in [1.29, 1.82) is 0 Å². The second-order valence-corrected chi connectivity index (χ2v) is 4.11. The molecule has 11 heavy (non-hydrogen) atoms. The van der Waals surface area contributed by atoms with Crippen LogP contribution < -0.4 is 5.73 Å². The van der Waals surface area contributed by atoms with Gasteiger partial charge in [0, 0.05) is 23.1 Å². The molecule has 1 unspecified atom stereocenters. The summed E-state index contributed by atoms with van der Waals surface area (Å²) in [6.45, 7) is 0.462. The number of rotatable bonds is 4. The van der Waals surface area contributed by atoms with Crippen LogP contribution in [0, 0.1) is 0 Å². The first-order chi connectivity index (χ1) is 5.33. The van der Waals surface area contributed by atoms with Crippen LogP contribution in [-0.4, -0.2) is 25.3 Å². The molecular weight excluding hydrogens is 182 g/mol. The molecule has 2 N–H and O–H groups in total. The van der Waals surface area contributed by atoms with E-state index in [1.165, 1.54) is 0 Å². The Morgan fingerprint density at radius 1 is 1.73 bits per heavy atom. The molecule has 1 aromatic rings. The standard InChI is InChI=1S/C5H9N3OS2/c6-1-2-11(9)4-5-3-7-10-8-5/h3H,1-2,4,6H2. The van der Waals surface area contributed by atoms with E-state index in [-0.39, 0.29) is 0 Å². The van der Waals surface area contributed by atoms with Gasteiger partial charge < -0.3 is 5.73 Å². The first kappa shape index (κ1) is 8.76. The van der Waals surface area contributed by atoms with E-state index in [0.717, 1.165) is 17.4 Å². The van der Waals surface area contributed by atoms with Crippen LogP contribution in [-0.2, 0) is 16.6 Å². The summed E-state index contributed by atoms with van der Waals surface area (Å²) < 4.78 is 18.8. The molecule has 0 aromatic carbocycles. The Bertz CT molecular complexity index is 224. The highest BCUT2D eigenvalue weighted by atomic mass is 32.2. The molecule has 4 nitrogen and oxygen atoms in total. The normalized spacial score (nSPS) is 13.2. The highest BCUT2D eigenvalue weighted by Gasteiger charge is 2.02. The van der Waals surface area contributed by atoms with E-state index < -0.39 is 10.8 Å². The van der Waals surface area contributed by atoms with Gasteiger partial charge in [0.2, 0.25) is 0 Å². The Morgan fingerprint density at radius 3 is 3.09 bits per heavy atom. The van der Waals surface area contributed by atoms with Gasteiger partial charge in [-0.2, -0.15) is 8.75 Å². The molecule has 6 heteroatoms. The van der Waals surface area contributed by atoms with Crippen molar-refractivity contribution in [3.63, 3.8) is 0 Å². The Labute approximate surface area is 71.6 Å². The summed E-state index contributed by atoms with van der Waals surface area (Å²) in [6, 6.07) is 0. The van der Waals surface area contributed by atoms with Gasteiger partial charge in [0.15, 0.2) is 0 Å². The average Bonchev–Trinajstić information content (AvgIpc) is 2.40. The lowest BCUT2D eigenvalue weighted by atomic mass is 10.6. The van der Waals surface area contributed by atoms with Gasteiger partial charge in [-0.25, -0.2) is 0 Å². The van der Waals surface area contributed by atoms with Gasteiger partial charge in [0.05, 0.1) is 29.4 Å². The molecule has 0 bridgehead atoms. The lowest BCUT2D eigenvalue weighted by molar-refractivity contribution is 0.682. The van der Waals surface area contributed by atoms with Crippen molar-refractivity contribution in [1.82, 2.24) is 8.75 Å². The molecule has 1 aromatic heterocycles. The third-order valence-corrected chi connectivity index (χ3v) is 2.89. The maximum absolute atomic E-state index is 11.1. The molecule has 0 aliphatic rings. The summed E-state index contributed by atoms with van der Waals surface area (Å²) in [6.07, 6.45) is 1.64. The van der Waals surface area contributed by atoms with Crippen LogP contribution in [0.1, 0.15) is 5.69 Å². The lowest BCUT2D eigenvalue weighted by Gasteiger charge is -1.94. The largest absolute Gasteiger partial charge is 0.330 e. The van der Waals surface area contributed by atoms with Gasteiger partial charge in [-0.15, -0.1) is 0 Å². The van der Waals surface area contributed by atoms with Gasteiger partial charge in [-0.05, 0) is 0 Å². The Morgan fingerprint density at radius 2 is 2.55 bits per heavy atom. The summed E-state index contributed by atoms with van der Waals surface area (Å²) in [5, 5.41) is 0. The van der Waals surface area contributed by atoms with Crippen molar-refractivity contribution in [3.05, 3.63) is 11.9 Å². The van der Waals surface area contributed by atoms with Crippen molar-refractivity contribution < 1.29 is 4.21 Å². The Kier molecular flexibility index (Phi) is 3.61. The predicted octanol–water partition coefficient (Wildman–Crippen LogP) is -0.254. The van der Waals surface area contributed by atoms with Crippen LogP contribution >= 0.6 is 11.7 Å². The van der Waals surface area contributed by atoms with Gasteiger partial charge in [-0.3, -0.25) is 4.21 Å². The molecule has 0 spiro atoms. The van der Waals surface area contributed by atoms with E-state index >= 15 is 0 Å². The summed E-state index contributed by atoms with van der Waals surface area (Å²) in [4.78, 5) is 0.